The fourth-order valence-electron chi connectivity index (χ4n) is 3.07. The zero-order valence-electron chi connectivity index (χ0n) is 15.5. The highest BCUT2D eigenvalue weighted by molar-refractivity contribution is 9.10. The molecule has 0 spiro atoms. The molecular formula is C18H26BrNO5S. The quantitative estimate of drug-likeness (QED) is 0.611. The second-order valence-electron chi connectivity index (χ2n) is 6.39. The largest absolute Gasteiger partial charge is 0.493 e. The minimum Gasteiger partial charge on any atom is -0.493 e. The fraction of sp³-hybridized carbons (Fsp3) is 0.611. The number of nitrogens with zero attached hydrogens (tertiary/aromatic N) is 1. The summed E-state index contributed by atoms with van der Waals surface area (Å²) in [5.74, 6) is 1.04. The molecule has 2 rings (SSSR count). The number of carbonyl (C=O) groups excluding carboxylic acids is 1. The maximum Gasteiger partial charge on any atom is 0.254 e. The Morgan fingerprint density at radius 3 is 2.58 bits per heavy atom. The van der Waals surface area contributed by atoms with Crippen molar-refractivity contribution in [2.24, 2.45) is 0 Å². The first kappa shape index (κ1) is 21.0. The van der Waals surface area contributed by atoms with Gasteiger partial charge in [-0.1, -0.05) is 13.8 Å². The van der Waals surface area contributed by atoms with Crippen LogP contribution in [0.1, 0.15) is 43.5 Å². The molecule has 1 fully saturated rings. The van der Waals surface area contributed by atoms with Crippen molar-refractivity contribution in [3.63, 3.8) is 0 Å². The van der Waals surface area contributed by atoms with Crippen LogP contribution in [0.2, 0.25) is 0 Å². The van der Waals surface area contributed by atoms with Gasteiger partial charge in [-0.05, 0) is 47.3 Å². The Hall–Kier alpha value is -1.28. The maximum atomic E-state index is 13.1. The molecule has 0 N–H and O–H groups in total. The molecule has 0 saturated carbocycles. The predicted octanol–water partition coefficient (Wildman–Crippen LogP) is 3.29. The van der Waals surface area contributed by atoms with Crippen molar-refractivity contribution >= 4 is 31.7 Å². The summed E-state index contributed by atoms with van der Waals surface area (Å²) in [5, 5.41) is 0. The van der Waals surface area contributed by atoms with E-state index in [0.29, 0.717) is 41.1 Å². The summed E-state index contributed by atoms with van der Waals surface area (Å²) < 4.78 is 35.4. The SMILES string of the molecule is CCCOc1c(Br)cc(C(=O)N(CCC)C2CCS(=O)(=O)C2)cc1OC. The molecule has 1 aromatic carbocycles. The Balaban J connectivity index is 2.32. The van der Waals surface area contributed by atoms with E-state index in [1.54, 1.807) is 17.0 Å². The highest BCUT2D eigenvalue weighted by atomic mass is 79.9. The van der Waals surface area contributed by atoms with E-state index >= 15 is 0 Å². The van der Waals surface area contributed by atoms with Gasteiger partial charge in [-0.3, -0.25) is 4.79 Å². The minimum absolute atomic E-state index is 0.0364. The summed E-state index contributed by atoms with van der Waals surface area (Å²) in [7, 11) is -1.53. The molecule has 146 valence electrons. The van der Waals surface area contributed by atoms with Crippen molar-refractivity contribution in [3.05, 3.63) is 22.2 Å². The van der Waals surface area contributed by atoms with Gasteiger partial charge in [-0.2, -0.15) is 0 Å². The molecule has 6 nitrogen and oxygen atoms in total. The summed E-state index contributed by atoms with van der Waals surface area (Å²) in [6.07, 6.45) is 2.11. The Labute approximate surface area is 163 Å². The van der Waals surface area contributed by atoms with Gasteiger partial charge in [-0.25, -0.2) is 8.42 Å². The van der Waals surface area contributed by atoms with Gasteiger partial charge < -0.3 is 14.4 Å². The van der Waals surface area contributed by atoms with Crippen LogP contribution in [0.5, 0.6) is 11.5 Å². The van der Waals surface area contributed by atoms with Gasteiger partial charge in [0, 0.05) is 18.2 Å². The third-order valence-electron chi connectivity index (χ3n) is 4.30. The summed E-state index contributed by atoms with van der Waals surface area (Å²) in [6, 6.07) is 3.10. The number of halogens is 1. The van der Waals surface area contributed by atoms with E-state index in [2.05, 4.69) is 15.9 Å². The average Bonchev–Trinajstić information content (AvgIpc) is 2.96. The zero-order chi connectivity index (χ0) is 19.3. The van der Waals surface area contributed by atoms with Crippen LogP contribution in [0.4, 0.5) is 0 Å². The number of hydrogen-bond donors (Lipinski definition) is 0. The summed E-state index contributed by atoms with van der Waals surface area (Å²) in [6.45, 7) is 5.05. The van der Waals surface area contributed by atoms with Crippen molar-refractivity contribution in [1.29, 1.82) is 0 Å². The lowest BCUT2D eigenvalue weighted by molar-refractivity contribution is 0.0696. The highest BCUT2D eigenvalue weighted by Crippen LogP contribution is 2.37. The van der Waals surface area contributed by atoms with Crippen molar-refractivity contribution in [2.45, 2.75) is 39.2 Å². The predicted molar refractivity (Wildman–Crippen MR) is 105 cm³/mol. The molecule has 1 atom stereocenters. The van der Waals surface area contributed by atoms with Gasteiger partial charge in [0.2, 0.25) is 0 Å². The third kappa shape index (κ3) is 4.91. The zero-order valence-corrected chi connectivity index (χ0v) is 17.9. The first-order chi connectivity index (χ1) is 12.3. The molecule has 1 aliphatic rings. The van der Waals surface area contributed by atoms with Crippen molar-refractivity contribution in [1.82, 2.24) is 4.90 Å². The number of sulfone groups is 1. The molecule has 0 radical (unpaired) electrons. The molecule has 0 bridgehead atoms. The van der Waals surface area contributed by atoms with Gasteiger partial charge in [-0.15, -0.1) is 0 Å². The molecule has 8 heteroatoms. The topological polar surface area (TPSA) is 72.9 Å². The minimum atomic E-state index is -3.06. The molecule has 1 amide bonds. The number of hydrogen-bond acceptors (Lipinski definition) is 5. The van der Waals surface area contributed by atoms with E-state index in [1.807, 2.05) is 13.8 Å². The van der Waals surface area contributed by atoms with Crippen molar-refractivity contribution < 1.29 is 22.7 Å². The number of benzene rings is 1. The van der Waals surface area contributed by atoms with E-state index in [0.717, 1.165) is 12.8 Å². The van der Waals surface area contributed by atoms with Gasteiger partial charge in [0.15, 0.2) is 21.3 Å². The number of ether oxygens (including phenoxy) is 2. The Morgan fingerprint density at radius 2 is 2.04 bits per heavy atom. The highest BCUT2D eigenvalue weighted by Gasteiger charge is 2.35. The standard InChI is InChI=1S/C18H26BrNO5S/c1-4-7-20(14-6-9-26(22,23)12-14)18(21)13-10-15(19)17(25-8-5-2)16(11-13)24-3/h10-11,14H,4-9,12H2,1-3H3. The van der Waals surface area contributed by atoms with Crippen LogP contribution in [0.15, 0.2) is 16.6 Å². The Kier molecular flexibility index (Phi) is 7.34. The van der Waals surface area contributed by atoms with E-state index in [9.17, 15) is 13.2 Å². The Bertz CT molecular complexity index is 750. The molecular weight excluding hydrogens is 422 g/mol. The Morgan fingerprint density at radius 1 is 1.31 bits per heavy atom. The van der Waals surface area contributed by atoms with E-state index in [4.69, 9.17) is 9.47 Å². The molecule has 1 aromatic rings. The smallest absolute Gasteiger partial charge is 0.254 e. The third-order valence-corrected chi connectivity index (χ3v) is 6.64. The number of methoxy groups -OCH3 is 1. The molecule has 1 unspecified atom stereocenters. The van der Waals surface area contributed by atoms with Crippen molar-refractivity contribution in [3.8, 4) is 11.5 Å². The van der Waals surface area contributed by atoms with Crippen LogP contribution >= 0.6 is 15.9 Å². The number of rotatable bonds is 8. The molecule has 1 saturated heterocycles. The monoisotopic (exact) mass is 447 g/mol. The van der Waals surface area contributed by atoms with Gasteiger partial charge in [0.1, 0.15) is 0 Å². The summed E-state index contributed by atoms with van der Waals surface area (Å²) in [4.78, 5) is 14.8. The lowest BCUT2D eigenvalue weighted by Crippen LogP contribution is -2.41. The lowest BCUT2D eigenvalue weighted by atomic mass is 10.1. The maximum absolute atomic E-state index is 13.1. The van der Waals surface area contributed by atoms with Crippen LogP contribution < -0.4 is 9.47 Å². The van der Waals surface area contributed by atoms with Gasteiger partial charge in [0.25, 0.3) is 5.91 Å². The van der Waals surface area contributed by atoms with Gasteiger partial charge in [0.05, 0.1) is 29.7 Å². The normalized spacial score (nSPS) is 18.5. The first-order valence-corrected chi connectivity index (χ1v) is 11.5. The lowest BCUT2D eigenvalue weighted by Gasteiger charge is -2.28. The van der Waals surface area contributed by atoms with Crippen LogP contribution in [0, 0.1) is 0 Å². The molecule has 1 heterocycles. The number of carbonyl (C=O) groups is 1. The van der Waals surface area contributed by atoms with E-state index in [1.165, 1.54) is 7.11 Å². The second-order valence-corrected chi connectivity index (χ2v) is 9.48. The van der Waals surface area contributed by atoms with Crippen LogP contribution in [-0.4, -0.2) is 57.0 Å². The van der Waals surface area contributed by atoms with Crippen LogP contribution in [0.25, 0.3) is 0 Å². The molecule has 1 aliphatic heterocycles. The van der Waals surface area contributed by atoms with E-state index in [-0.39, 0.29) is 23.5 Å². The van der Waals surface area contributed by atoms with Gasteiger partial charge >= 0.3 is 0 Å². The molecule has 0 aromatic heterocycles. The first-order valence-electron chi connectivity index (χ1n) is 8.84. The summed E-state index contributed by atoms with van der Waals surface area (Å²) >= 11 is 3.46. The van der Waals surface area contributed by atoms with Crippen LogP contribution in [0.3, 0.4) is 0 Å². The van der Waals surface area contributed by atoms with Crippen LogP contribution in [-0.2, 0) is 9.84 Å². The van der Waals surface area contributed by atoms with Crippen molar-refractivity contribution in [2.75, 3.05) is 31.8 Å². The summed E-state index contributed by atoms with van der Waals surface area (Å²) in [5.41, 5.74) is 0.454. The molecule has 26 heavy (non-hydrogen) atoms. The second kappa shape index (κ2) is 9.08. The fourth-order valence-corrected chi connectivity index (χ4v) is 5.35. The molecule has 0 aliphatic carbocycles. The number of amides is 1. The average molecular weight is 448 g/mol. The van der Waals surface area contributed by atoms with E-state index < -0.39 is 9.84 Å².